The Morgan fingerprint density at radius 3 is 2.52 bits per heavy atom. The lowest BCUT2D eigenvalue weighted by molar-refractivity contribution is -0.133. The molecule has 1 aliphatic carbocycles. The lowest BCUT2D eigenvalue weighted by Crippen LogP contribution is -2.41. The van der Waals surface area contributed by atoms with Crippen LogP contribution in [0.25, 0.3) is 12.2 Å². The first kappa shape index (κ1) is 20.6. The van der Waals surface area contributed by atoms with Crippen LogP contribution < -0.4 is 10.7 Å². The highest BCUT2D eigenvalue weighted by Gasteiger charge is 2.42. The van der Waals surface area contributed by atoms with E-state index < -0.39 is 23.7 Å². The number of aliphatic carboxylic acids is 1. The zero-order chi connectivity index (χ0) is 20.2. The molecule has 5 nitrogen and oxygen atoms in total. The molecule has 1 aromatic rings. The average molecular weight is 397 g/mol. The van der Waals surface area contributed by atoms with Crippen LogP contribution in [-0.2, 0) is 4.79 Å². The standard InChI is InChI=1S/C18H18F3N3O2S/c1-11-8-9-15(14-7-5-3-4-6-13(11)14)24(12(2)27-10-16(25)26)17(23-22)18(19,20)21/h4-9H,2-3,10,22H2,1H3,(H,25,26)/b23-17-. The summed E-state index contributed by atoms with van der Waals surface area (Å²) in [5, 5.41) is 11.6. The van der Waals surface area contributed by atoms with Crippen LogP contribution in [0.1, 0.15) is 23.1 Å². The Bertz CT molecular complexity index is 845. The number of fused-ring (bicyclic) bond motifs is 1. The van der Waals surface area contributed by atoms with Crippen LogP contribution >= 0.6 is 11.8 Å². The molecule has 27 heavy (non-hydrogen) atoms. The molecule has 0 radical (unpaired) electrons. The van der Waals surface area contributed by atoms with Gasteiger partial charge in [-0.05, 0) is 30.5 Å². The molecule has 0 bridgehead atoms. The second kappa shape index (κ2) is 8.34. The van der Waals surface area contributed by atoms with Gasteiger partial charge in [0.2, 0.25) is 5.84 Å². The van der Waals surface area contributed by atoms with E-state index in [0.29, 0.717) is 23.7 Å². The van der Waals surface area contributed by atoms with Gasteiger partial charge in [-0.2, -0.15) is 18.3 Å². The Morgan fingerprint density at radius 1 is 1.33 bits per heavy atom. The van der Waals surface area contributed by atoms with Crippen molar-refractivity contribution >= 4 is 41.4 Å². The Balaban J connectivity index is 2.66. The number of aryl methyl sites for hydroxylation is 1. The third-order valence-electron chi connectivity index (χ3n) is 3.76. The van der Waals surface area contributed by atoms with Crippen LogP contribution in [0.4, 0.5) is 18.9 Å². The van der Waals surface area contributed by atoms with Crippen LogP contribution in [0.15, 0.2) is 41.0 Å². The molecule has 0 heterocycles. The van der Waals surface area contributed by atoms with Crippen molar-refractivity contribution in [3.63, 3.8) is 0 Å². The Morgan fingerprint density at radius 2 is 1.96 bits per heavy atom. The molecule has 0 aromatic heterocycles. The van der Waals surface area contributed by atoms with Crippen LogP contribution in [0.5, 0.6) is 0 Å². The Hall–Kier alpha value is -2.68. The third kappa shape index (κ3) is 4.73. The van der Waals surface area contributed by atoms with Gasteiger partial charge < -0.3 is 10.9 Å². The molecule has 0 aliphatic heterocycles. The van der Waals surface area contributed by atoms with Crippen LogP contribution in [0.2, 0.25) is 0 Å². The molecule has 0 fully saturated rings. The first-order valence-corrected chi connectivity index (χ1v) is 8.80. The van der Waals surface area contributed by atoms with Crippen molar-refractivity contribution < 1.29 is 23.1 Å². The van der Waals surface area contributed by atoms with Crippen LogP contribution in [0, 0.1) is 6.92 Å². The van der Waals surface area contributed by atoms with E-state index in [2.05, 4.69) is 11.7 Å². The zero-order valence-corrected chi connectivity index (χ0v) is 15.3. The Labute approximate surface area is 158 Å². The minimum Gasteiger partial charge on any atom is -0.481 e. The average Bonchev–Trinajstić information content (AvgIpc) is 2.84. The first-order chi connectivity index (χ1) is 12.7. The number of allylic oxidation sites excluding steroid dienone is 2. The topological polar surface area (TPSA) is 78.9 Å². The molecule has 0 unspecified atom stereocenters. The minimum atomic E-state index is -4.86. The predicted molar refractivity (Wildman–Crippen MR) is 103 cm³/mol. The summed E-state index contributed by atoms with van der Waals surface area (Å²) >= 11 is 0.661. The molecule has 9 heteroatoms. The van der Waals surface area contributed by atoms with Gasteiger partial charge in [0.1, 0.15) is 0 Å². The van der Waals surface area contributed by atoms with E-state index >= 15 is 0 Å². The Kier molecular flexibility index (Phi) is 6.37. The van der Waals surface area contributed by atoms with Crippen molar-refractivity contribution in [2.75, 3.05) is 10.7 Å². The van der Waals surface area contributed by atoms with Crippen molar-refractivity contribution in [2.24, 2.45) is 10.9 Å². The minimum absolute atomic E-state index is 0.147. The van der Waals surface area contributed by atoms with Crippen molar-refractivity contribution in [3.8, 4) is 0 Å². The van der Waals surface area contributed by atoms with E-state index in [4.69, 9.17) is 10.9 Å². The molecule has 0 saturated heterocycles. The summed E-state index contributed by atoms with van der Waals surface area (Å²) in [6.45, 7) is 5.48. The number of carboxylic acid groups (broad SMARTS) is 1. The first-order valence-electron chi connectivity index (χ1n) is 7.82. The summed E-state index contributed by atoms with van der Waals surface area (Å²) < 4.78 is 40.7. The van der Waals surface area contributed by atoms with Gasteiger partial charge in [0.25, 0.3) is 0 Å². The van der Waals surface area contributed by atoms with Gasteiger partial charge >= 0.3 is 12.1 Å². The number of carboxylic acids is 1. The van der Waals surface area contributed by atoms with E-state index in [0.717, 1.165) is 16.0 Å². The van der Waals surface area contributed by atoms with Gasteiger partial charge in [-0.15, -0.1) is 0 Å². The van der Waals surface area contributed by atoms with Crippen molar-refractivity contribution in [1.29, 1.82) is 0 Å². The molecular weight excluding hydrogens is 379 g/mol. The molecule has 144 valence electrons. The molecule has 0 spiro atoms. The predicted octanol–water partition coefficient (Wildman–Crippen LogP) is 4.36. The molecule has 0 amide bonds. The fourth-order valence-electron chi connectivity index (χ4n) is 2.61. The summed E-state index contributed by atoms with van der Waals surface area (Å²) in [7, 11) is 0. The summed E-state index contributed by atoms with van der Waals surface area (Å²) in [6, 6.07) is 3.20. The number of halogens is 3. The number of nitrogens with two attached hydrogens (primary N) is 1. The molecule has 3 N–H and O–H groups in total. The van der Waals surface area contributed by atoms with Crippen molar-refractivity contribution in [1.82, 2.24) is 0 Å². The highest BCUT2D eigenvalue weighted by atomic mass is 32.2. The number of anilines is 1. The summed E-state index contributed by atoms with van der Waals surface area (Å²) in [5.41, 5.74) is 2.37. The highest BCUT2D eigenvalue weighted by molar-refractivity contribution is 8.03. The monoisotopic (exact) mass is 397 g/mol. The molecule has 0 atom stereocenters. The number of rotatable bonds is 5. The normalized spacial score (nSPS) is 13.9. The fourth-order valence-corrected chi connectivity index (χ4v) is 3.21. The SMILES string of the molecule is C=C(SCC(=O)O)N(/C(=N\N)C(F)(F)F)c1ccc(C)c2c1C=CCC=C2. The summed E-state index contributed by atoms with van der Waals surface area (Å²) in [4.78, 5) is 11.6. The number of nitrogens with zero attached hydrogens (tertiary/aromatic N) is 2. The molecule has 1 aliphatic rings. The quantitative estimate of drug-likeness (QED) is 0.334. The van der Waals surface area contributed by atoms with E-state index in [9.17, 15) is 18.0 Å². The van der Waals surface area contributed by atoms with Gasteiger partial charge in [-0.3, -0.25) is 9.69 Å². The van der Waals surface area contributed by atoms with E-state index in [1.807, 2.05) is 25.2 Å². The number of thioether (sulfide) groups is 1. The number of carbonyl (C=O) groups is 1. The van der Waals surface area contributed by atoms with E-state index in [1.165, 1.54) is 6.07 Å². The van der Waals surface area contributed by atoms with Gasteiger partial charge in [0, 0.05) is 5.56 Å². The fraction of sp³-hybridized carbons (Fsp3) is 0.222. The number of hydrogen-bond donors (Lipinski definition) is 2. The van der Waals surface area contributed by atoms with Gasteiger partial charge in [-0.1, -0.05) is 48.7 Å². The number of benzene rings is 1. The molecule has 1 aromatic carbocycles. The summed E-state index contributed by atoms with van der Waals surface area (Å²) in [5.74, 6) is 2.05. The number of hydrogen-bond acceptors (Lipinski definition) is 4. The van der Waals surface area contributed by atoms with Gasteiger partial charge in [0.05, 0.1) is 16.5 Å². The second-order valence-corrected chi connectivity index (χ2v) is 6.68. The maximum atomic E-state index is 13.6. The van der Waals surface area contributed by atoms with Gasteiger partial charge in [-0.25, -0.2) is 0 Å². The third-order valence-corrected chi connectivity index (χ3v) is 4.67. The number of alkyl halides is 3. The second-order valence-electron chi connectivity index (χ2n) is 5.63. The molecule has 0 saturated carbocycles. The van der Waals surface area contributed by atoms with Crippen molar-refractivity contribution in [3.05, 3.63) is 52.6 Å². The summed E-state index contributed by atoms with van der Waals surface area (Å²) in [6.07, 6.45) is 3.07. The van der Waals surface area contributed by atoms with Crippen LogP contribution in [0.3, 0.4) is 0 Å². The maximum absolute atomic E-state index is 13.6. The number of hydrazone groups is 1. The lowest BCUT2D eigenvalue weighted by atomic mass is 9.99. The highest BCUT2D eigenvalue weighted by Crippen LogP contribution is 2.37. The maximum Gasteiger partial charge on any atom is 0.451 e. The smallest absolute Gasteiger partial charge is 0.451 e. The number of amidine groups is 1. The van der Waals surface area contributed by atoms with Gasteiger partial charge in [0.15, 0.2) is 0 Å². The zero-order valence-electron chi connectivity index (χ0n) is 14.5. The molecule has 2 rings (SSSR count). The largest absolute Gasteiger partial charge is 0.481 e. The lowest BCUT2D eigenvalue weighted by Gasteiger charge is -2.30. The van der Waals surface area contributed by atoms with E-state index in [-0.39, 0.29) is 10.7 Å². The molecular formula is C18H18F3N3O2S. The van der Waals surface area contributed by atoms with Crippen LogP contribution in [-0.4, -0.2) is 28.8 Å². The van der Waals surface area contributed by atoms with Crippen molar-refractivity contribution in [2.45, 2.75) is 19.5 Å². The van der Waals surface area contributed by atoms with E-state index in [1.54, 1.807) is 12.1 Å².